The number of nitrogens with one attached hydrogen (secondary N) is 1. The number of oxazole rings is 1. The van der Waals surface area contributed by atoms with E-state index in [1.54, 1.807) is 25.2 Å². The zero-order valence-electron chi connectivity index (χ0n) is 22.4. The van der Waals surface area contributed by atoms with Gasteiger partial charge in [-0.2, -0.15) is 0 Å². The van der Waals surface area contributed by atoms with Crippen molar-refractivity contribution in [2.75, 3.05) is 13.1 Å². The fraction of sp³-hybridized carbons (Fsp3) is 0.571. The number of carbonyl (C=O) groups excluding carboxylic acids is 3. The van der Waals surface area contributed by atoms with Crippen molar-refractivity contribution >= 4 is 17.8 Å². The third kappa shape index (κ3) is 8.11. The lowest BCUT2D eigenvalue weighted by Crippen LogP contribution is -2.44. The number of aromatic nitrogens is 1. The van der Waals surface area contributed by atoms with E-state index in [4.69, 9.17) is 9.15 Å². The molecule has 2 amide bonds. The van der Waals surface area contributed by atoms with Crippen LogP contribution in [-0.2, 0) is 20.7 Å². The highest BCUT2D eigenvalue weighted by Crippen LogP contribution is 2.25. The van der Waals surface area contributed by atoms with E-state index >= 15 is 0 Å². The lowest BCUT2D eigenvalue weighted by molar-refractivity contribution is -0.158. The minimum absolute atomic E-state index is 0.00515. The largest absolute Gasteiger partial charge is 0.460 e. The summed E-state index contributed by atoms with van der Waals surface area (Å²) in [5, 5.41) is 13.0. The van der Waals surface area contributed by atoms with Crippen LogP contribution in [0.1, 0.15) is 63.3 Å². The lowest BCUT2D eigenvalue weighted by Gasteiger charge is -2.29. The molecule has 1 fully saturated rings. The average Bonchev–Trinajstić information content (AvgIpc) is 3.52. The maximum Gasteiger partial charge on any atom is 0.329 e. The second-order valence-corrected chi connectivity index (χ2v) is 10.3. The summed E-state index contributed by atoms with van der Waals surface area (Å²) in [5.74, 6) is -1.51. The van der Waals surface area contributed by atoms with Gasteiger partial charge in [-0.1, -0.05) is 50.6 Å². The third-order valence-electron chi connectivity index (χ3n) is 6.66. The molecule has 0 radical (unpaired) electrons. The van der Waals surface area contributed by atoms with E-state index in [0.717, 1.165) is 0 Å². The number of rotatable bonds is 1. The van der Waals surface area contributed by atoms with Crippen LogP contribution < -0.4 is 5.32 Å². The average molecular weight is 532 g/mol. The van der Waals surface area contributed by atoms with Crippen LogP contribution in [0.5, 0.6) is 0 Å². The Bertz CT molecular complexity index is 1080. The normalized spacial score (nSPS) is 29.4. The summed E-state index contributed by atoms with van der Waals surface area (Å²) >= 11 is 0. The summed E-state index contributed by atoms with van der Waals surface area (Å²) in [5.41, 5.74) is 0.710. The molecule has 0 aromatic carbocycles. The highest BCUT2D eigenvalue weighted by atomic mass is 19.1. The van der Waals surface area contributed by atoms with Crippen LogP contribution in [0.25, 0.3) is 0 Å². The monoisotopic (exact) mass is 531 g/mol. The van der Waals surface area contributed by atoms with Gasteiger partial charge in [-0.15, -0.1) is 0 Å². The van der Waals surface area contributed by atoms with Crippen LogP contribution in [0.15, 0.2) is 46.6 Å². The summed E-state index contributed by atoms with van der Waals surface area (Å²) < 4.78 is 25.8. The number of ether oxygens (including phenoxy) is 1. The smallest absolute Gasteiger partial charge is 0.329 e. The number of fused-ring (bicyclic) bond motifs is 3. The van der Waals surface area contributed by atoms with E-state index in [1.165, 1.54) is 23.3 Å². The van der Waals surface area contributed by atoms with E-state index in [0.29, 0.717) is 25.0 Å². The Morgan fingerprint density at radius 2 is 2.00 bits per heavy atom. The first-order valence-corrected chi connectivity index (χ1v) is 13.1. The maximum atomic E-state index is 14.6. The van der Waals surface area contributed by atoms with Gasteiger partial charge in [0.15, 0.2) is 11.6 Å². The molecule has 5 unspecified atom stereocenters. The van der Waals surface area contributed by atoms with Crippen LogP contribution in [0.2, 0.25) is 0 Å². The number of halogens is 1. The second-order valence-electron chi connectivity index (χ2n) is 10.3. The molecule has 10 heteroatoms. The van der Waals surface area contributed by atoms with E-state index in [2.05, 4.69) is 10.3 Å². The van der Waals surface area contributed by atoms with Gasteiger partial charge in [0.2, 0.25) is 5.91 Å². The molecule has 0 aliphatic carbocycles. The van der Waals surface area contributed by atoms with Gasteiger partial charge < -0.3 is 24.5 Å². The second kappa shape index (κ2) is 13.5. The number of carbonyl (C=O) groups is 3. The van der Waals surface area contributed by atoms with Gasteiger partial charge in [0.25, 0.3) is 5.91 Å². The van der Waals surface area contributed by atoms with Crippen molar-refractivity contribution in [1.29, 1.82) is 0 Å². The molecule has 2 aliphatic heterocycles. The quantitative estimate of drug-likeness (QED) is 0.533. The summed E-state index contributed by atoms with van der Waals surface area (Å²) in [7, 11) is 0. The first-order chi connectivity index (χ1) is 18.0. The number of aliphatic hydroxyl groups excluding tert-OH is 1. The highest BCUT2D eigenvalue weighted by molar-refractivity contribution is 5.95. The molecule has 2 N–H and O–H groups in total. The van der Waals surface area contributed by atoms with E-state index < -0.39 is 36.3 Å². The van der Waals surface area contributed by atoms with E-state index in [-0.39, 0.29) is 48.7 Å². The molecular formula is C28H38FN3O6. The maximum absolute atomic E-state index is 14.6. The number of amides is 2. The van der Waals surface area contributed by atoms with Gasteiger partial charge >= 0.3 is 5.97 Å². The van der Waals surface area contributed by atoms with Crippen molar-refractivity contribution in [2.45, 2.75) is 77.8 Å². The Balaban J connectivity index is 1.85. The molecule has 3 rings (SSSR count). The van der Waals surface area contributed by atoms with Crippen molar-refractivity contribution in [1.82, 2.24) is 15.2 Å². The molecule has 38 heavy (non-hydrogen) atoms. The number of cyclic esters (lactones) is 1. The predicted molar refractivity (Wildman–Crippen MR) is 139 cm³/mol. The van der Waals surface area contributed by atoms with Crippen LogP contribution in [0.4, 0.5) is 4.39 Å². The molecule has 208 valence electrons. The molecule has 9 nitrogen and oxygen atoms in total. The summed E-state index contributed by atoms with van der Waals surface area (Å²) in [6, 6.07) is -0.768. The first-order valence-electron chi connectivity index (χ1n) is 13.1. The molecular weight excluding hydrogens is 493 g/mol. The first kappa shape index (κ1) is 29.3. The van der Waals surface area contributed by atoms with Gasteiger partial charge in [0.1, 0.15) is 24.6 Å². The molecule has 3 heterocycles. The molecule has 0 spiro atoms. The fourth-order valence-corrected chi connectivity index (χ4v) is 4.74. The molecule has 0 saturated carbocycles. The summed E-state index contributed by atoms with van der Waals surface area (Å²) in [4.78, 5) is 44.1. The van der Waals surface area contributed by atoms with Crippen LogP contribution in [-0.4, -0.2) is 70.3 Å². The number of alkyl halides is 1. The topological polar surface area (TPSA) is 122 Å². The zero-order chi connectivity index (χ0) is 27.8. The van der Waals surface area contributed by atoms with Gasteiger partial charge in [0, 0.05) is 25.4 Å². The minimum atomic E-state index is -1.45. The Hall–Kier alpha value is -3.27. The number of esters is 1. The number of hydrogen-bond donors (Lipinski definition) is 2. The van der Waals surface area contributed by atoms with Crippen LogP contribution >= 0.6 is 0 Å². The molecule has 5 atom stereocenters. The molecule has 2 bridgehead atoms. The lowest BCUT2D eigenvalue weighted by atomic mass is 9.94. The Morgan fingerprint density at radius 3 is 2.74 bits per heavy atom. The number of allylic oxidation sites excluding steroid dienone is 2. The molecule has 2 aliphatic rings. The predicted octanol–water partition coefficient (Wildman–Crippen LogP) is 3.30. The Morgan fingerprint density at radius 1 is 1.24 bits per heavy atom. The van der Waals surface area contributed by atoms with Gasteiger partial charge in [0.05, 0.1) is 12.5 Å². The third-order valence-corrected chi connectivity index (χ3v) is 6.66. The van der Waals surface area contributed by atoms with Gasteiger partial charge in [-0.25, -0.2) is 14.2 Å². The molecule has 1 aromatic heterocycles. The fourth-order valence-electron chi connectivity index (χ4n) is 4.74. The van der Waals surface area contributed by atoms with Crippen molar-refractivity contribution < 1.29 is 33.0 Å². The van der Waals surface area contributed by atoms with Gasteiger partial charge in [-0.3, -0.25) is 9.59 Å². The Kier molecular flexibility index (Phi) is 10.4. The summed E-state index contributed by atoms with van der Waals surface area (Å²) in [6.45, 7) is 8.13. The van der Waals surface area contributed by atoms with Crippen molar-refractivity contribution in [2.24, 2.45) is 11.8 Å². The highest BCUT2D eigenvalue weighted by Gasteiger charge is 2.38. The standard InChI is InChI=1S/C28H38FN3O6/c1-17(2)26-19(4)9-10-24(34)30-11-5-7-18(3)13-21(33)14-20(29)15-25-31-22(16-37-25)27(35)32-12-6-8-23(32)28(36)38-26/h5,7,9-10,13,16-17,19-21,23,26,33H,6,8,11-12,14-15H2,1-4H3,(H,30,34)/b7-5?,10-9+,18-13?. The van der Waals surface area contributed by atoms with E-state index in [1.807, 2.05) is 20.8 Å². The number of hydrogen-bond acceptors (Lipinski definition) is 7. The summed E-state index contributed by atoms with van der Waals surface area (Å²) in [6.07, 6.45) is 7.01. The van der Waals surface area contributed by atoms with Crippen molar-refractivity contribution in [3.05, 3.63) is 53.8 Å². The zero-order valence-corrected chi connectivity index (χ0v) is 22.4. The molecule has 1 saturated heterocycles. The number of aliphatic hydroxyl groups is 1. The Labute approximate surface area is 222 Å². The van der Waals surface area contributed by atoms with Gasteiger partial charge in [-0.05, 0) is 31.8 Å². The van der Waals surface area contributed by atoms with Crippen molar-refractivity contribution in [3.8, 4) is 0 Å². The van der Waals surface area contributed by atoms with Crippen LogP contribution in [0, 0.1) is 11.8 Å². The van der Waals surface area contributed by atoms with Crippen molar-refractivity contribution in [3.63, 3.8) is 0 Å². The SMILES string of the molecule is CC1=CC(O)CC(F)Cc2nc(co2)C(=O)N2CCCC2C(=O)OC(C(C)C)C(C)/C=C/C(=O)NCC=C1. The molecule has 1 aromatic rings. The van der Waals surface area contributed by atoms with Crippen LogP contribution in [0.3, 0.4) is 0 Å². The van der Waals surface area contributed by atoms with E-state index in [9.17, 15) is 23.9 Å². The number of nitrogens with zero attached hydrogens (tertiary/aromatic N) is 2. The minimum Gasteiger partial charge on any atom is -0.460 e.